The number of rotatable bonds is 5. The van der Waals surface area contributed by atoms with Crippen molar-refractivity contribution in [3.05, 3.63) is 35.4 Å². The van der Waals surface area contributed by atoms with Crippen LogP contribution in [-0.2, 0) is 6.42 Å². The van der Waals surface area contributed by atoms with Gasteiger partial charge in [-0.1, -0.05) is 19.1 Å². The monoisotopic (exact) mass is 232 g/mol. The van der Waals surface area contributed by atoms with Gasteiger partial charge in [0.05, 0.1) is 0 Å². The van der Waals surface area contributed by atoms with Crippen LogP contribution in [0, 0.1) is 5.41 Å². The highest BCUT2D eigenvalue weighted by molar-refractivity contribution is 5.94. The third-order valence-corrected chi connectivity index (χ3v) is 3.43. The Labute approximate surface area is 102 Å². The van der Waals surface area contributed by atoms with Gasteiger partial charge in [-0.05, 0) is 48.9 Å². The van der Waals surface area contributed by atoms with Crippen LogP contribution in [0.3, 0.4) is 0 Å². The molecule has 0 aliphatic heterocycles. The molecule has 1 amide bonds. The van der Waals surface area contributed by atoms with Gasteiger partial charge in [-0.25, -0.2) is 0 Å². The lowest BCUT2D eigenvalue weighted by Crippen LogP contribution is -2.28. The number of hydrogen-bond donors (Lipinski definition) is 2. The zero-order valence-electron chi connectivity index (χ0n) is 10.3. The topological polar surface area (TPSA) is 55.1 Å². The second kappa shape index (κ2) is 4.88. The van der Waals surface area contributed by atoms with Crippen LogP contribution >= 0.6 is 0 Å². The number of carbonyl (C=O) groups excluding carboxylic acids is 1. The van der Waals surface area contributed by atoms with Crippen molar-refractivity contribution in [2.45, 2.75) is 26.2 Å². The molecule has 0 radical (unpaired) electrons. The predicted molar refractivity (Wildman–Crippen MR) is 68.9 cm³/mol. The van der Waals surface area contributed by atoms with Gasteiger partial charge in [0.15, 0.2) is 0 Å². The van der Waals surface area contributed by atoms with E-state index >= 15 is 0 Å². The molecule has 1 aliphatic rings. The molecule has 1 aliphatic carbocycles. The van der Waals surface area contributed by atoms with E-state index in [0.29, 0.717) is 12.0 Å². The average molecular weight is 232 g/mol. The Balaban J connectivity index is 1.89. The third kappa shape index (κ3) is 3.30. The highest BCUT2D eigenvalue weighted by Gasteiger charge is 2.37. The lowest BCUT2D eigenvalue weighted by atomic mass is 10.1. The van der Waals surface area contributed by atoms with Crippen LogP contribution in [0.15, 0.2) is 24.3 Å². The minimum absolute atomic E-state index is 0.0254. The Kier molecular flexibility index (Phi) is 3.48. The van der Waals surface area contributed by atoms with Crippen molar-refractivity contribution in [1.29, 1.82) is 0 Å². The van der Waals surface area contributed by atoms with Gasteiger partial charge in [-0.3, -0.25) is 4.79 Å². The van der Waals surface area contributed by atoms with E-state index in [0.717, 1.165) is 18.5 Å². The third-order valence-electron chi connectivity index (χ3n) is 3.43. The Morgan fingerprint density at radius 2 is 2.00 bits per heavy atom. The molecule has 0 heterocycles. The molecule has 0 spiro atoms. The molecule has 2 rings (SSSR count). The van der Waals surface area contributed by atoms with E-state index in [9.17, 15) is 4.79 Å². The van der Waals surface area contributed by atoms with Crippen molar-refractivity contribution in [2.75, 3.05) is 13.1 Å². The van der Waals surface area contributed by atoms with E-state index in [4.69, 9.17) is 5.73 Å². The average Bonchev–Trinajstić information content (AvgIpc) is 3.06. The molecular weight excluding hydrogens is 212 g/mol. The Morgan fingerprint density at radius 3 is 2.53 bits per heavy atom. The Bertz CT molecular complexity index is 393. The number of hydrogen-bond acceptors (Lipinski definition) is 2. The molecular formula is C14H20N2O. The normalized spacial score (nSPS) is 16.6. The minimum atomic E-state index is 0.0254. The number of amides is 1. The molecule has 0 atom stereocenters. The highest BCUT2D eigenvalue weighted by Crippen LogP contribution is 2.44. The Morgan fingerprint density at radius 1 is 1.35 bits per heavy atom. The van der Waals surface area contributed by atoms with E-state index in [1.54, 1.807) is 0 Å². The van der Waals surface area contributed by atoms with E-state index in [-0.39, 0.29) is 5.91 Å². The first kappa shape index (κ1) is 12.1. The van der Waals surface area contributed by atoms with Gasteiger partial charge >= 0.3 is 0 Å². The summed E-state index contributed by atoms with van der Waals surface area (Å²) in [7, 11) is 0. The van der Waals surface area contributed by atoms with Gasteiger partial charge in [0.1, 0.15) is 0 Å². The summed E-state index contributed by atoms with van der Waals surface area (Å²) < 4.78 is 0. The van der Waals surface area contributed by atoms with Crippen molar-refractivity contribution in [3.63, 3.8) is 0 Å². The zero-order valence-corrected chi connectivity index (χ0v) is 10.3. The van der Waals surface area contributed by atoms with E-state index in [2.05, 4.69) is 12.2 Å². The number of carbonyl (C=O) groups is 1. The van der Waals surface area contributed by atoms with Crippen LogP contribution < -0.4 is 11.1 Å². The van der Waals surface area contributed by atoms with Crippen molar-refractivity contribution in [2.24, 2.45) is 11.1 Å². The summed E-state index contributed by atoms with van der Waals surface area (Å²) in [5, 5.41) is 2.99. The summed E-state index contributed by atoms with van der Waals surface area (Å²) in [4.78, 5) is 11.9. The molecule has 1 fully saturated rings. The summed E-state index contributed by atoms with van der Waals surface area (Å²) in [6.45, 7) is 3.64. The van der Waals surface area contributed by atoms with E-state index in [1.165, 1.54) is 18.4 Å². The first-order chi connectivity index (χ1) is 8.13. The molecule has 3 nitrogen and oxygen atoms in total. The summed E-state index contributed by atoms with van der Waals surface area (Å²) in [5.41, 5.74) is 7.75. The second-order valence-electron chi connectivity index (χ2n) is 5.23. The number of nitrogens with one attached hydrogen (secondary N) is 1. The first-order valence-electron chi connectivity index (χ1n) is 6.20. The summed E-state index contributed by atoms with van der Waals surface area (Å²) in [5.74, 6) is 0.0254. The lowest BCUT2D eigenvalue weighted by molar-refractivity contribution is 0.0946. The van der Waals surface area contributed by atoms with E-state index in [1.807, 2.05) is 24.3 Å². The van der Waals surface area contributed by atoms with Crippen molar-refractivity contribution in [1.82, 2.24) is 5.32 Å². The highest BCUT2D eigenvalue weighted by atomic mass is 16.1. The standard InChI is InChI=1S/C14H20N2O/c1-14(7-8-14)10-16-13(17)12-4-2-11(3-5-12)6-9-15/h2-5H,6-10,15H2,1H3,(H,16,17). The van der Waals surface area contributed by atoms with Gasteiger partial charge in [0.2, 0.25) is 0 Å². The summed E-state index contributed by atoms with van der Waals surface area (Å²) in [6, 6.07) is 7.69. The fraction of sp³-hybridized carbons (Fsp3) is 0.500. The molecule has 0 unspecified atom stereocenters. The molecule has 92 valence electrons. The van der Waals surface area contributed by atoms with Crippen LogP contribution in [0.4, 0.5) is 0 Å². The van der Waals surface area contributed by atoms with E-state index < -0.39 is 0 Å². The fourth-order valence-electron chi connectivity index (χ4n) is 1.78. The summed E-state index contributed by atoms with van der Waals surface area (Å²) >= 11 is 0. The first-order valence-corrected chi connectivity index (χ1v) is 6.20. The van der Waals surface area contributed by atoms with Gasteiger partial charge < -0.3 is 11.1 Å². The number of nitrogens with two attached hydrogens (primary N) is 1. The molecule has 1 aromatic rings. The van der Waals surface area contributed by atoms with Crippen molar-refractivity contribution < 1.29 is 4.79 Å². The predicted octanol–water partition coefficient (Wildman–Crippen LogP) is 1.72. The van der Waals surface area contributed by atoms with Gasteiger partial charge in [-0.15, -0.1) is 0 Å². The maximum absolute atomic E-state index is 11.9. The largest absolute Gasteiger partial charge is 0.351 e. The lowest BCUT2D eigenvalue weighted by Gasteiger charge is -2.10. The summed E-state index contributed by atoms with van der Waals surface area (Å²) in [6.07, 6.45) is 3.31. The van der Waals surface area contributed by atoms with Crippen LogP contribution in [0.5, 0.6) is 0 Å². The smallest absolute Gasteiger partial charge is 0.251 e. The molecule has 1 saturated carbocycles. The molecule has 17 heavy (non-hydrogen) atoms. The SMILES string of the molecule is CC1(CNC(=O)c2ccc(CCN)cc2)CC1. The maximum atomic E-state index is 11.9. The van der Waals surface area contributed by atoms with Gasteiger partial charge in [-0.2, -0.15) is 0 Å². The maximum Gasteiger partial charge on any atom is 0.251 e. The van der Waals surface area contributed by atoms with Crippen LogP contribution in [0.1, 0.15) is 35.7 Å². The number of benzene rings is 1. The quantitative estimate of drug-likeness (QED) is 0.812. The van der Waals surface area contributed by atoms with Crippen LogP contribution in [-0.4, -0.2) is 19.0 Å². The molecule has 0 bridgehead atoms. The van der Waals surface area contributed by atoms with Crippen molar-refractivity contribution in [3.8, 4) is 0 Å². The van der Waals surface area contributed by atoms with Gasteiger partial charge in [0.25, 0.3) is 5.91 Å². The zero-order chi connectivity index (χ0) is 12.3. The van der Waals surface area contributed by atoms with Crippen molar-refractivity contribution >= 4 is 5.91 Å². The molecule has 3 heteroatoms. The fourth-order valence-corrected chi connectivity index (χ4v) is 1.78. The van der Waals surface area contributed by atoms with Crippen LogP contribution in [0.2, 0.25) is 0 Å². The molecule has 0 aromatic heterocycles. The molecule has 0 saturated heterocycles. The molecule has 3 N–H and O–H groups in total. The van der Waals surface area contributed by atoms with Gasteiger partial charge in [0, 0.05) is 12.1 Å². The second-order valence-corrected chi connectivity index (χ2v) is 5.23. The molecule has 1 aromatic carbocycles. The minimum Gasteiger partial charge on any atom is -0.351 e. The van der Waals surface area contributed by atoms with Crippen LogP contribution in [0.25, 0.3) is 0 Å². The Hall–Kier alpha value is -1.35.